The summed E-state index contributed by atoms with van der Waals surface area (Å²) in [5.74, 6) is 0. The van der Waals surface area contributed by atoms with Crippen LogP contribution in [0.2, 0.25) is 5.02 Å². The van der Waals surface area contributed by atoms with Gasteiger partial charge in [-0.1, -0.05) is 17.7 Å². The van der Waals surface area contributed by atoms with Crippen LogP contribution in [0.25, 0.3) is 0 Å². The van der Waals surface area contributed by atoms with Crippen LogP contribution in [0.5, 0.6) is 0 Å². The van der Waals surface area contributed by atoms with Crippen LogP contribution < -0.4 is 11.1 Å². The highest BCUT2D eigenvalue weighted by molar-refractivity contribution is 9.10. The summed E-state index contributed by atoms with van der Waals surface area (Å²) in [5.41, 5.74) is 9.51. The number of rotatable bonds is 2. The van der Waals surface area contributed by atoms with E-state index in [4.69, 9.17) is 17.3 Å². The average Bonchev–Trinajstić information content (AvgIpc) is 2.27. The molecule has 0 aromatic heterocycles. The Hall–Kier alpha value is -1.19. The van der Waals surface area contributed by atoms with Gasteiger partial charge < -0.3 is 11.1 Å². The van der Waals surface area contributed by atoms with Gasteiger partial charge in [-0.2, -0.15) is 0 Å². The van der Waals surface area contributed by atoms with E-state index in [0.717, 1.165) is 27.1 Å². The van der Waals surface area contributed by atoms with Gasteiger partial charge in [0, 0.05) is 20.9 Å². The van der Waals surface area contributed by atoms with Crippen LogP contribution in [-0.4, -0.2) is 0 Å². The average molecular weight is 312 g/mol. The summed E-state index contributed by atoms with van der Waals surface area (Å²) in [6.07, 6.45) is 0. The first-order chi connectivity index (χ1) is 8.06. The first-order valence-corrected chi connectivity index (χ1v) is 6.31. The minimum absolute atomic E-state index is 0.713. The maximum atomic E-state index is 5.98. The lowest BCUT2D eigenvalue weighted by Crippen LogP contribution is -1.95. The molecule has 0 fully saturated rings. The second-order valence-electron chi connectivity index (χ2n) is 3.82. The van der Waals surface area contributed by atoms with Crippen LogP contribution in [0.1, 0.15) is 5.56 Å². The lowest BCUT2D eigenvalue weighted by molar-refractivity contribution is 1.42. The number of nitrogens with two attached hydrogens (primary N) is 1. The Morgan fingerprint density at radius 3 is 2.59 bits per heavy atom. The zero-order valence-corrected chi connectivity index (χ0v) is 11.6. The summed E-state index contributed by atoms with van der Waals surface area (Å²) in [6, 6.07) is 11.4. The van der Waals surface area contributed by atoms with E-state index in [1.165, 1.54) is 0 Å². The van der Waals surface area contributed by atoms with E-state index in [9.17, 15) is 0 Å². The van der Waals surface area contributed by atoms with Crippen LogP contribution in [0, 0.1) is 6.92 Å². The quantitative estimate of drug-likeness (QED) is 0.786. The molecule has 2 rings (SSSR count). The first-order valence-electron chi connectivity index (χ1n) is 5.14. The van der Waals surface area contributed by atoms with E-state index in [-0.39, 0.29) is 0 Å². The Morgan fingerprint density at radius 1 is 1.12 bits per heavy atom. The third-order valence-electron chi connectivity index (χ3n) is 2.46. The molecule has 0 aliphatic heterocycles. The van der Waals surface area contributed by atoms with Gasteiger partial charge in [0.2, 0.25) is 0 Å². The molecule has 0 spiro atoms. The summed E-state index contributed by atoms with van der Waals surface area (Å²) < 4.78 is 0.928. The van der Waals surface area contributed by atoms with Crippen LogP contribution in [-0.2, 0) is 0 Å². The predicted molar refractivity (Wildman–Crippen MR) is 78.0 cm³/mol. The fourth-order valence-electron chi connectivity index (χ4n) is 1.51. The molecule has 2 aromatic rings. The Labute approximate surface area is 114 Å². The Kier molecular flexibility index (Phi) is 3.60. The standard InChI is InChI=1S/C13H12BrClN2/c1-8-2-3-9(15)6-13(8)17-12-5-4-10(16)7-11(12)14/h2-7,17H,16H2,1H3. The molecule has 17 heavy (non-hydrogen) atoms. The number of anilines is 3. The van der Waals surface area contributed by atoms with Gasteiger partial charge in [0.15, 0.2) is 0 Å². The summed E-state index contributed by atoms with van der Waals surface area (Å²) >= 11 is 9.45. The molecule has 3 N–H and O–H groups in total. The largest absolute Gasteiger partial charge is 0.399 e. The van der Waals surface area contributed by atoms with Crippen molar-refractivity contribution in [3.8, 4) is 0 Å². The molecule has 2 aromatic carbocycles. The summed E-state index contributed by atoms with van der Waals surface area (Å²) in [6.45, 7) is 2.03. The van der Waals surface area contributed by atoms with Crippen molar-refractivity contribution in [1.29, 1.82) is 0 Å². The van der Waals surface area contributed by atoms with Crippen molar-refractivity contribution in [1.82, 2.24) is 0 Å². The molecule has 0 aliphatic rings. The third kappa shape index (κ3) is 2.93. The summed E-state index contributed by atoms with van der Waals surface area (Å²) in [5, 5.41) is 4.03. The number of halogens is 2. The van der Waals surface area contributed by atoms with Crippen LogP contribution in [0.4, 0.5) is 17.1 Å². The first kappa shape index (κ1) is 12.3. The van der Waals surface area contributed by atoms with Crippen molar-refractivity contribution in [2.75, 3.05) is 11.1 Å². The van der Waals surface area contributed by atoms with Crippen LogP contribution in [0.3, 0.4) is 0 Å². The highest BCUT2D eigenvalue weighted by Gasteiger charge is 2.03. The maximum absolute atomic E-state index is 5.98. The van der Waals surface area contributed by atoms with Gasteiger partial charge in [0.1, 0.15) is 0 Å². The molecule has 0 saturated heterocycles. The van der Waals surface area contributed by atoms with Gasteiger partial charge >= 0.3 is 0 Å². The minimum Gasteiger partial charge on any atom is -0.399 e. The van der Waals surface area contributed by atoms with Crippen molar-refractivity contribution in [2.45, 2.75) is 6.92 Å². The topological polar surface area (TPSA) is 38.0 Å². The van der Waals surface area contributed by atoms with Gasteiger partial charge in [-0.15, -0.1) is 0 Å². The molecule has 0 unspecified atom stereocenters. The van der Waals surface area contributed by atoms with Crippen molar-refractivity contribution in [2.24, 2.45) is 0 Å². The molecule has 0 amide bonds. The second-order valence-corrected chi connectivity index (χ2v) is 5.11. The zero-order chi connectivity index (χ0) is 12.4. The highest BCUT2D eigenvalue weighted by atomic mass is 79.9. The smallest absolute Gasteiger partial charge is 0.0530 e. The van der Waals surface area contributed by atoms with Gasteiger partial charge in [0.05, 0.1) is 5.69 Å². The lowest BCUT2D eigenvalue weighted by Gasteiger charge is -2.12. The molecular weight excluding hydrogens is 300 g/mol. The molecular formula is C13H12BrClN2. The summed E-state index contributed by atoms with van der Waals surface area (Å²) in [4.78, 5) is 0. The van der Waals surface area contributed by atoms with Crippen molar-refractivity contribution >= 4 is 44.6 Å². The van der Waals surface area contributed by atoms with E-state index < -0.39 is 0 Å². The number of nitrogen functional groups attached to an aromatic ring is 1. The number of nitrogens with one attached hydrogen (secondary N) is 1. The number of benzene rings is 2. The predicted octanol–water partition coefficient (Wildman–Crippen LogP) is 4.74. The van der Waals surface area contributed by atoms with Crippen LogP contribution in [0.15, 0.2) is 40.9 Å². The normalized spacial score (nSPS) is 10.3. The fourth-order valence-corrected chi connectivity index (χ4v) is 2.17. The molecule has 2 nitrogen and oxygen atoms in total. The molecule has 0 saturated carbocycles. The molecule has 0 aliphatic carbocycles. The van der Waals surface area contributed by atoms with Gasteiger partial charge in [-0.3, -0.25) is 0 Å². The Morgan fingerprint density at radius 2 is 1.88 bits per heavy atom. The van der Waals surface area contributed by atoms with E-state index in [0.29, 0.717) is 5.02 Å². The molecule has 0 radical (unpaired) electrons. The zero-order valence-electron chi connectivity index (χ0n) is 9.30. The number of hydrogen-bond acceptors (Lipinski definition) is 2. The van der Waals surface area contributed by atoms with Gasteiger partial charge in [-0.05, 0) is 58.7 Å². The molecule has 0 bridgehead atoms. The Bertz CT molecular complexity index is 555. The monoisotopic (exact) mass is 310 g/mol. The second kappa shape index (κ2) is 4.98. The van der Waals surface area contributed by atoms with Crippen molar-refractivity contribution < 1.29 is 0 Å². The van der Waals surface area contributed by atoms with Gasteiger partial charge in [-0.25, -0.2) is 0 Å². The van der Waals surface area contributed by atoms with Crippen LogP contribution >= 0.6 is 27.5 Å². The Balaban J connectivity index is 2.34. The molecule has 88 valence electrons. The maximum Gasteiger partial charge on any atom is 0.0530 e. The number of aryl methyl sites for hydroxylation is 1. The van der Waals surface area contributed by atoms with Crippen molar-refractivity contribution in [3.63, 3.8) is 0 Å². The highest BCUT2D eigenvalue weighted by Crippen LogP contribution is 2.30. The van der Waals surface area contributed by atoms with E-state index in [2.05, 4.69) is 21.2 Å². The van der Waals surface area contributed by atoms with Crippen molar-refractivity contribution in [3.05, 3.63) is 51.5 Å². The number of hydrogen-bond donors (Lipinski definition) is 2. The SMILES string of the molecule is Cc1ccc(Cl)cc1Nc1ccc(N)cc1Br. The molecule has 0 heterocycles. The fraction of sp³-hybridized carbons (Fsp3) is 0.0769. The third-order valence-corrected chi connectivity index (χ3v) is 3.35. The van der Waals surface area contributed by atoms with Gasteiger partial charge in [0.25, 0.3) is 0 Å². The van der Waals surface area contributed by atoms with E-state index >= 15 is 0 Å². The van der Waals surface area contributed by atoms with E-state index in [1.54, 1.807) is 0 Å². The van der Waals surface area contributed by atoms with E-state index in [1.807, 2.05) is 43.3 Å². The lowest BCUT2D eigenvalue weighted by atomic mass is 10.2. The molecule has 0 atom stereocenters. The molecule has 4 heteroatoms. The summed E-state index contributed by atoms with van der Waals surface area (Å²) in [7, 11) is 0. The minimum atomic E-state index is 0.713.